The van der Waals surface area contributed by atoms with Crippen LogP contribution in [0.15, 0.2) is 84.8 Å². The summed E-state index contributed by atoms with van der Waals surface area (Å²) in [5.41, 5.74) is 7.66. The number of allylic oxidation sites excluding steroid dienone is 1. The summed E-state index contributed by atoms with van der Waals surface area (Å²) in [6, 6.07) is 22.4. The first-order chi connectivity index (χ1) is 16.0. The van der Waals surface area contributed by atoms with E-state index in [0.29, 0.717) is 0 Å². The van der Waals surface area contributed by atoms with Gasteiger partial charge in [-0.05, 0) is 63.2 Å². The van der Waals surface area contributed by atoms with Crippen LogP contribution in [0.25, 0.3) is 11.4 Å². The highest BCUT2D eigenvalue weighted by molar-refractivity contribution is 5.74. The molecule has 3 heterocycles. The number of rotatable bonds is 5. The summed E-state index contributed by atoms with van der Waals surface area (Å²) in [4.78, 5) is 8.83. The van der Waals surface area contributed by atoms with Crippen LogP contribution in [0.2, 0.25) is 0 Å². The quantitative estimate of drug-likeness (QED) is 0.396. The molecule has 2 aromatic carbocycles. The van der Waals surface area contributed by atoms with Crippen molar-refractivity contribution < 1.29 is 4.74 Å². The maximum Gasteiger partial charge on any atom is 0.129 e. The third kappa shape index (κ3) is 4.07. The lowest BCUT2D eigenvalue weighted by atomic mass is 10.1. The van der Waals surface area contributed by atoms with Gasteiger partial charge in [0.05, 0.1) is 23.7 Å². The van der Waals surface area contributed by atoms with Crippen LogP contribution in [-0.2, 0) is 0 Å². The Balaban J connectivity index is 1.41. The fourth-order valence-corrected chi connectivity index (χ4v) is 4.42. The average molecular weight is 438 g/mol. The zero-order valence-electron chi connectivity index (χ0n) is 19.4. The maximum absolute atomic E-state index is 6.25. The van der Waals surface area contributed by atoms with Gasteiger partial charge < -0.3 is 14.5 Å². The van der Waals surface area contributed by atoms with Gasteiger partial charge in [0.2, 0.25) is 0 Å². The number of benzene rings is 2. The van der Waals surface area contributed by atoms with Crippen molar-refractivity contribution in [1.82, 2.24) is 19.7 Å². The fraction of sp³-hybridized carbons (Fsp3) is 0.185. The summed E-state index contributed by atoms with van der Waals surface area (Å²) in [6.45, 7) is 6.98. The van der Waals surface area contributed by atoms with E-state index in [1.54, 1.807) is 6.20 Å². The molecule has 0 aliphatic carbocycles. The van der Waals surface area contributed by atoms with E-state index in [0.717, 1.165) is 46.5 Å². The first-order valence-corrected chi connectivity index (χ1v) is 11.0. The molecular weight excluding hydrogens is 410 g/mol. The molecule has 5 rings (SSSR count). The van der Waals surface area contributed by atoms with Crippen molar-refractivity contribution in [2.24, 2.45) is 0 Å². The summed E-state index contributed by atoms with van der Waals surface area (Å²) in [6.07, 6.45) is 3.71. The van der Waals surface area contributed by atoms with E-state index in [9.17, 15) is 0 Å². The van der Waals surface area contributed by atoms with Gasteiger partial charge in [0.1, 0.15) is 11.5 Å². The van der Waals surface area contributed by atoms with Crippen LogP contribution in [0, 0.1) is 13.8 Å². The molecule has 33 heavy (non-hydrogen) atoms. The maximum atomic E-state index is 6.25. The highest BCUT2D eigenvalue weighted by Gasteiger charge is 2.26. The van der Waals surface area contributed by atoms with Crippen LogP contribution in [0.5, 0.6) is 11.5 Å². The molecule has 0 atom stereocenters. The predicted octanol–water partition coefficient (Wildman–Crippen LogP) is 5.77. The average Bonchev–Trinajstić information content (AvgIpc) is 3.31. The molecule has 1 aliphatic heterocycles. The van der Waals surface area contributed by atoms with Crippen LogP contribution < -0.4 is 9.64 Å². The fourth-order valence-electron chi connectivity index (χ4n) is 4.42. The summed E-state index contributed by atoms with van der Waals surface area (Å²) in [7, 11) is 2.11. The Kier molecular flexibility index (Phi) is 5.34. The van der Waals surface area contributed by atoms with Crippen molar-refractivity contribution in [3.8, 4) is 17.2 Å². The van der Waals surface area contributed by atoms with Gasteiger partial charge in [-0.1, -0.05) is 12.1 Å². The van der Waals surface area contributed by atoms with Crippen molar-refractivity contribution in [3.63, 3.8) is 0 Å². The van der Waals surface area contributed by atoms with Gasteiger partial charge in [-0.2, -0.15) is 5.10 Å². The van der Waals surface area contributed by atoms with E-state index < -0.39 is 0 Å². The standard InChI is InChI=1S/C27H27N5O/c1-19-14-20(2)32(29-19)24-10-6-12-26(16-24)33-25-11-5-9-23(15-25)31-18-30(4)27(21(31)3)22-8-7-13-28-17-22/h5-17H,18H2,1-4H3. The van der Waals surface area contributed by atoms with E-state index >= 15 is 0 Å². The molecule has 0 saturated heterocycles. The third-order valence-corrected chi connectivity index (χ3v) is 5.85. The van der Waals surface area contributed by atoms with Gasteiger partial charge in [-0.25, -0.2) is 4.68 Å². The summed E-state index contributed by atoms with van der Waals surface area (Å²) < 4.78 is 8.19. The van der Waals surface area contributed by atoms with Crippen molar-refractivity contribution >= 4 is 11.4 Å². The van der Waals surface area contributed by atoms with Crippen molar-refractivity contribution in [1.29, 1.82) is 0 Å². The van der Waals surface area contributed by atoms with E-state index in [1.807, 2.05) is 60.3 Å². The number of hydrogen-bond acceptors (Lipinski definition) is 5. The Bertz CT molecular complexity index is 1330. The molecule has 0 radical (unpaired) electrons. The first-order valence-electron chi connectivity index (χ1n) is 11.0. The van der Waals surface area contributed by atoms with E-state index in [-0.39, 0.29) is 0 Å². The molecule has 4 aromatic rings. The zero-order chi connectivity index (χ0) is 22.9. The number of pyridine rings is 1. The van der Waals surface area contributed by atoms with E-state index in [2.05, 4.69) is 65.0 Å². The second-order valence-corrected chi connectivity index (χ2v) is 8.38. The van der Waals surface area contributed by atoms with E-state index in [4.69, 9.17) is 4.74 Å². The molecule has 0 fully saturated rings. The van der Waals surface area contributed by atoms with Crippen LogP contribution in [0.3, 0.4) is 0 Å². The number of ether oxygens (including phenoxy) is 1. The van der Waals surface area contributed by atoms with E-state index in [1.165, 1.54) is 11.4 Å². The second kappa shape index (κ2) is 8.47. The van der Waals surface area contributed by atoms with Crippen LogP contribution >= 0.6 is 0 Å². The van der Waals surface area contributed by atoms with Gasteiger partial charge >= 0.3 is 0 Å². The number of aromatic nitrogens is 3. The first kappa shape index (κ1) is 20.8. The largest absolute Gasteiger partial charge is 0.457 e. The molecule has 1 aliphatic rings. The number of nitrogens with zero attached hydrogens (tertiary/aromatic N) is 5. The summed E-state index contributed by atoms with van der Waals surface area (Å²) >= 11 is 0. The molecule has 0 saturated carbocycles. The van der Waals surface area contributed by atoms with Gasteiger partial charge in [0.25, 0.3) is 0 Å². The lowest BCUT2D eigenvalue weighted by Crippen LogP contribution is -2.24. The number of aryl methyl sites for hydroxylation is 2. The second-order valence-electron chi connectivity index (χ2n) is 8.38. The molecule has 0 spiro atoms. The zero-order valence-corrected chi connectivity index (χ0v) is 19.4. The van der Waals surface area contributed by atoms with Crippen LogP contribution in [-0.4, -0.2) is 33.4 Å². The smallest absolute Gasteiger partial charge is 0.129 e. The van der Waals surface area contributed by atoms with Crippen molar-refractivity contribution in [2.45, 2.75) is 20.8 Å². The number of anilines is 1. The van der Waals surface area contributed by atoms with Gasteiger partial charge in [0.15, 0.2) is 0 Å². The highest BCUT2D eigenvalue weighted by atomic mass is 16.5. The van der Waals surface area contributed by atoms with Gasteiger partial charge in [-0.15, -0.1) is 0 Å². The molecule has 0 unspecified atom stereocenters. The minimum Gasteiger partial charge on any atom is -0.457 e. The summed E-state index contributed by atoms with van der Waals surface area (Å²) in [5, 5.41) is 4.58. The summed E-state index contributed by atoms with van der Waals surface area (Å²) in [5.74, 6) is 1.57. The molecule has 6 nitrogen and oxygen atoms in total. The Morgan fingerprint density at radius 1 is 0.848 bits per heavy atom. The Hall–Kier alpha value is -4.06. The highest BCUT2D eigenvalue weighted by Crippen LogP contribution is 2.35. The van der Waals surface area contributed by atoms with Gasteiger partial charge in [-0.3, -0.25) is 4.98 Å². The Morgan fingerprint density at radius 2 is 1.58 bits per heavy atom. The van der Waals surface area contributed by atoms with Crippen molar-refractivity contribution in [3.05, 3.63) is 102 Å². The van der Waals surface area contributed by atoms with Crippen molar-refractivity contribution in [2.75, 3.05) is 18.6 Å². The van der Waals surface area contributed by atoms with Gasteiger partial charge in [0, 0.05) is 54.2 Å². The lowest BCUT2D eigenvalue weighted by Gasteiger charge is -2.21. The topological polar surface area (TPSA) is 46.4 Å². The molecular formula is C27H27N5O. The molecule has 2 aromatic heterocycles. The van der Waals surface area contributed by atoms with Crippen LogP contribution in [0.4, 0.5) is 5.69 Å². The molecule has 0 N–H and O–H groups in total. The normalized spacial score (nSPS) is 13.7. The minimum atomic E-state index is 0.771. The molecule has 166 valence electrons. The predicted molar refractivity (Wildman–Crippen MR) is 131 cm³/mol. The monoisotopic (exact) mass is 437 g/mol. The Labute approximate surface area is 194 Å². The molecule has 6 heteroatoms. The van der Waals surface area contributed by atoms with Crippen LogP contribution in [0.1, 0.15) is 23.9 Å². The SMILES string of the molecule is CC1=C(c2cccnc2)N(C)CN1c1cccc(Oc2cccc(-n3nc(C)cc3C)c2)c1. The molecule has 0 amide bonds. The Morgan fingerprint density at radius 3 is 2.24 bits per heavy atom. The lowest BCUT2D eigenvalue weighted by molar-refractivity contribution is 0.481. The minimum absolute atomic E-state index is 0.771. The third-order valence-electron chi connectivity index (χ3n) is 5.85. The number of hydrogen-bond donors (Lipinski definition) is 0. The molecule has 0 bridgehead atoms.